The van der Waals surface area contributed by atoms with E-state index < -0.39 is 12.8 Å². The Bertz CT molecular complexity index is 314. The lowest BCUT2D eigenvalue weighted by atomic mass is 10.2. The molecule has 0 amide bonds. The van der Waals surface area contributed by atoms with Crippen LogP contribution in [0.3, 0.4) is 0 Å². The largest absolute Gasteiger partial charge is 0.484 e. The predicted octanol–water partition coefficient (Wildman–Crippen LogP) is 1.52. The van der Waals surface area contributed by atoms with Crippen LogP contribution in [-0.4, -0.2) is 24.3 Å². The van der Waals surface area contributed by atoms with Crippen LogP contribution in [-0.2, 0) is 6.42 Å². The minimum atomic E-state index is -4.32. The molecule has 1 rings (SSSR count). The van der Waals surface area contributed by atoms with Crippen molar-refractivity contribution in [2.45, 2.75) is 12.6 Å². The van der Waals surface area contributed by atoms with E-state index in [1.807, 2.05) is 0 Å². The molecule has 0 aliphatic rings. The second-order valence-corrected chi connectivity index (χ2v) is 2.93. The van der Waals surface area contributed by atoms with Crippen LogP contribution < -0.4 is 10.5 Å². The van der Waals surface area contributed by atoms with Crippen molar-refractivity contribution in [2.24, 2.45) is 5.73 Å². The Morgan fingerprint density at radius 1 is 1.40 bits per heavy atom. The molecule has 0 aliphatic heterocycles. The van der Waals surface area contributed by atoms with Gasteiger partial charge in [-0.3, -0.25) is 4.98 Å². The standard InChI is InChI=1S/C9H11F3N2O/c10-9(11,12)6-15-8-2-4-14-7(5-8)1-3-13/h2,4-5H,1,3,6,13H2. The van der Waals surface area contributed by atoms with Crippen molar-refractivity contribution < 1.29 is 17.9 Å². The number of pyridine rings is 1. The van der Waals surface area contributed by atoms with Crippen molar-refractivity contribution >= 4 is 0 Å². The molecular weight excluding hydrogens is 209 g/mol. The van der Waals surface area contributed by atoms with Gasteiger partial charge in [-0.2, -0.15) is 13.2 Å². The number of nitrogens with zero attached hydrogens (tertiary/aromatic N) is 1. The number of hydrogen-bond acceptors (Lipinski definition) is 3. The van der Waals surface area contributed by atoms with E-state index in [-0.39, 0.29) is 5.75 Å². The zero-order valence-corrected chi connectivity index (χ0v) is 7.92. The lowest BCUT2D eigenvalue weighted by Gasteiger charge is -2.09. The van der Waals surface area contributed by atoms with Crippen molar-refractivity contribution in [3.05, 3.63) is 24.0 Å². The highest BCUT2D eigenvalue weighted by molar-refractivity contribution is 5.22. The number of alkyl halides is 3. The molecule has 0 atom stereocenters. The van der Waals surface area contributed by atoms with Gasteiger partial charge in [0.05, 0.1) is 0 Å². The number of ether oxygens (including phenoxy) is 1. The highest BCUT2D eigenvalue weighted by Gasteiger charge is 2.28. The van der Waals surface area contributed by atoms with Gasteiger partial charge in [0.2, 0.25) is 0 Å². The number of aromatic nitrogens is 1. The fraction of sp³-hybridized carbons (Fsp3) is 0.444. The Balaban J connectivity index is 2.57. The van der Waals surface area contributed by atoms with Gasteiger partial charge in [0.15, 0.2) is 6.61 Å². The zero-order valence-electron chi connectivity index (χ0n) is 7.92. The summed E-state index contributed by atoms with van der Waals surface area (Å²) in [5.74, 6) is 0.158. The van der Waals surface area contributed by atoms with Gasteiger partial charge in [-0.05, 0) is 12.6 Å². The van der Waals surface area contributed by atoms with Crippen LogP contribution in [0.15, 0.2) is 18.3 Å². The Hall–Kier alpha value is -1.30. The summed E-state index contributed by atoms with van der Waals surface area (Å²) in [6.07, 6.45) is -2.41. The average Bonchev–Trinajstić information content (AvgIpc) is 2.15. The highest BCUT2D eigenvalue weighted by atomic mass is 19.4. The van der Waals surface area contributed by atoms with Crippen LogP contribution in [0.25, 0.3) is 0 Å². The van der Waals surface area contributed by atoms with Crippen LogP contribution in [0.2, 0.25) is 0 Å². The SMILES string of the molecule is NCCc1cc(OCC(F)(F)F)ccn1. The van der Waals surface area contributed by atoms with Crippen LogP contribution in [0.4, 0.5) is 13.2 Å². The Labute approximate surface area is 85.1 Å². The van der Waals surface area contributed by atoms with Crippen molar-refractivity contribution in [3.63, 3.8) is 0 Å². The lowest BCUT2D eigenvalue weighted by molar-refractivity contribution is -0.153. The third-order valence-corrected chi connectivity index (χ3v) is 1.59. The van der Waals surface area contributed by atoms with Crippen molar-refractivity contribution in [2.75, 3.05) is 13.2 Å². The first-order chi connectivity index (χ1) is 7.01. The number of halogens is 3. The molecule has 0 unspecified atom stereocenters. The molecular formula is C9H11F3N2O. The maximum Gasteiger partial charge on any atom is 0.422 e. The molecule has 0 saturated carbocycles. The molecule has 15 heavy (non-hydrogen) atoms. The second-order valence-electron chi connectivity index (χ2n) is 2.93. The summed E-state index contributed by atoms with van der Waals surface area (Å²) in [4.78, 5) is 3.93. The van der Waals surface area contributed by atoms with Gasteiger partial charge in [0.1, 0.15) is 5.75 Å². The van der Waals surface area contributed by atoms with Gasteiger partial charge in [-0.25, -0.2) is 0 Å². The lowest BCUT2D eigenvalue weighted by Crippen LogP contribution is -2.19. The summed E-state index contributed by atoms with van der Waals surface area (Å²) in [7, 11) is 0. The van der Waals surface area contributed by atoms with Crippen LogP contribution >= 0.6 is 0 Å². The van der Waals surface area contributed by atoms with E-state index in [1.54, 1.807) is 0 Å². The summed E-state index contributed by atoms with van der Waals surface area (Å²) in [5.41, 5.74) is 5.92. The molecule has 2 N–H and O–H groups in total. The van der Waals surface area contributed by atoms with Gasteiger partial charge in [-0.15, -0.1) is 0 Å². The average molecular weight is 220 g/mol. The number of hydrogen-bond donors (Lipinski definition) is 1. The predicted molar refractivity (Wildman–Crippen MR) is 48.5 cm³/mol. The van der Waals surface area contributed by atoms with Gasteiger partial charge < -0.3 is 10.5 Å². The van der Waals surface area contributed by atoms with E-state index in [0.717, 1.165) is 0 Å². The molecule has 3 nitrogen and oxygen atoms in total. The summed E-state index contributed by atoms with van der Waals surface area (Å²) in [6.45, 7) is -0.894. The first-order valence-corrected chi connectivity index (χ1v) is 4.36. The molecule has 0 aromatic carbocycles. The monoisotopic (exact) mass is 220 g/mol. The fourth-order valence-corrected chi connectivity index (χ4v) is 0.996. The third kappa shape index (κ3) is 4.64. The molecule has 1 aromatic rings. The molecule has 0 aliphatic carbocycles. The number of nitrogens with two attached hydrogens (primary N) is 1. The molecule has 0 radical (unpaired) electrons. The van der Waals surface area contributed by atoms with Crippen molar-refractivity contribution in [1.82, 2.24) is 4.98 Å². The normalized spacial score (nSPS) is 11.5. The smallest absolute Gasteiger partial charge is 0.422 e. The zero-order chi connectivity index (χ0) is 11.3. The molecule has 0 bridgehead atoms. The van der Waals surface area contributed by atoms with Crippen LogP contribution in [0, 0.1) is 0 Å². The van der Waals surface area contributed by atoms with E-state index in [4.69, 9.17) is 5.73 Å². The maximum atomic E-state index is 11.8. The van der Waals surface area contributed by atoms with Gasteiger partial charge >= 0.3 is 6.18 Å². The highest BCUT2D eigenvalue weighted by Crippen LogP contribution is 2.18. The minimum Gasteiger partial charge on any atom is -0.484 e. The third-order valence-electron chi connectivity index (χ3n) is 1.59. The molecule has 0 saturated heterocycles. The van der Waals surface area contributed by atoms with Crippen molar-refractivity contribution in [3.8, 4) is 5.75 Å². The first kappa shape index (κ1) is 11.8. The molecule has 0 spiro atoms. The molecule has 6 heteroatoms. The van der Waals surface area contributed by atoms with Crippen molar-refractivity contribution in [1.29, 1.82) is 0 Å². The first-order valence-electron chi connectivity index (χ1n) is 4.36. The van der Waals surface area contributed by atoms with E-state index in [2.05, 4.69) is 9.72 Å². The molecule has 1 heterocycles. The Kier molecular flexibility index (Phi) is 3.90. The summed E-state index contributed by atoms with van der Waals surface area (Å²) in [5, 5.41) is 0. The fourth-order valence-electron chi connectivity index (χ4n) is 0.996. The summed E-state index contributed by atoms with van der Waals surface area (Å²) in [6, 6.07) is 2.84. The minimum absolute atomic E-state index is 0.158. The van der Waals surface area contributed by atoms with Gasteiger partial charge in [-0.1, -0.05) is 0 Å². The Morgan fingerprint density at radius 3 is 2.73 bits per heavy atom. The topological polar surface area (TPSA) is 48.1 Å². The van der Waals surface area contributed by atoms with E-state index in [0.29, 0.717) is 18.7 Å². The summed E-state index contributed by atoms with van der Waals surface area (Å²) >= 11 is 0. The molecule has 1 aromatic heterocycles. The van der Waals surface area contributed by atoms with E-state index in [9.17, 15) is 13.2 Å². The van der Waals surface area contributed by atoms with Gasteiger partial charge in [0.25, 0.3) is 0 Å². The van der Waals surface area contributed by atoms with Crippen LogP contribution in [0.1, 0.15) is 5.69 Å². The second kappa shape index (κ2) is 4.97. The van der Waals surface area contributed by atoms with E-state index in [1.165, 1.54) is 18.3 Å². The number of rotatable bonds is 4. The Morgan fingerprint density at radius 2 is 2.13 bits per heavy atom. The maximum absolute atomic E-state index is 11.8. The van der Waals surface area contributed by atoms with Gasteiger partial charge in [0, 0.05) is 24.4 Å². The van der Waals surface area contributed by atoms with E-state index >= 15 is 0 Å². The molecule has 84 valence electrons. The quantitative estimate of drug-likeness (QED) is 0.836. The summed E-state index contributed by atoms with van der Waals surface area (Å²) < 4.78 is 40.0. The van der Waals surface area contributed by atoms with Crippen LogP contribution in [0.5, 0.6) is 5.75 Å². The molecule has 0 fully saturated rings.